The number of ether oxygens (including phenoxy) is 1. The molecule has 0 aliphatic heterocycles. The number of nitrogens with one attached hydrogen (secondary N) is 1. The average molecular weight is 559 g/mol. The maximum atomic E-state index is 11.6. The number of hydrogen-bond acceptors (Lipinski definition) is 6. The maximum Gasteiger partial charge on any atom is 0.123 e. The van der Waals surface area contributed by atoms with Crippen molar-refractivity contribution in [3.63, 3.8) is 0 Å². The van der Waals surface area contributed by atoms with Gasteiger partial charge in [0.25, 0.3) is 0 Å². The van der Waals surface area contributed by atoms with Crippen LogP contribution in [0.15, 0.2) is 48.5 Å². The van der Waals surface area contributed by atoms with Gasteiger partial charge in [0.1, 0.15) is 18.8 Å². The number of aryl methyl sites for hydroxylation is 1. The summed E-state index contributed by atoms with van der Waals surface area (Å²) in [5, 5.41) is 3.04. The van der Waals surface area contributed by atoms with Gasteiger partial charge in [0.2, 0.25) is 0 Å². The standard InChI is InChI=1S/C21H27N3O.C9H17FO.CH5N.CH2O/c1-15-12-19-14-16(4-9-21(19)23-15)13-18(10-11-24(2)22)17-5-7-20(25-3)8-6-17;1-2-9(8-11)6-4-3-5-7-10;2*1-2/h4-9,12,14,18,23H,10-11,13,22H2,1-3H3;8-9H,2-7H2,1H3;2H2,1H3;1H2/t18-;;;/m0.../s1. The molecule has 2 aromatic carbocycles. The highest BCUT2D eigenvalue weighted by atomic mass is 19.1. The summed E-state index contributed by atoms with van der Waals surface area (Å²) < 4.78 is 16.9. The fraction of sp³-hybridized carbons (Fsp3) is 0.500. The van der Waals surface area contributed by atoms with Crippen molar-refractivity contribution in [1.82, 2.24) is 9.99 Å². The maximum absolute atomic E-state index is 11.6. The van der Waals surface area contributed by atoms with Crippen LogP contribution in [0, 0.1) is 12.8 Å². The van der Waals surface area contributed by atoms with Crippen LogP contribution in [0.1, 0.15) is 68.2 Å². The summed E-state index contributed by atoms with van der Waals surface area (Å²) in [5.41, 5.74) is 9.58. The average Bonchev–Trinajstić information content (AvgIpc) is 3.37. The van der Waals surface area contributed by atoms with Gasteiger partial charge in [0.05, 0.1) is 13.8 Å². The Balaban J connectivity index is 0.000000857. The van der Waals surface area contributed by atoms with E-state index in [1.807, 2.05) is 32.9 Å². The number of aromatic amines is 1. The van der Waals surface area contributed by atoms with Crippen LogP contribution in [0.5, 0.6) is 5.75 Å². The first-order valence-corrected chi connectivity index (χ1v) is 14.0. The van der Waals surface area contributed by atoms with Crippen LogP contribution in [0.25, 0.3) is 10.9 Å². The molecule has 0 aliphatic rings. The molecule has 0 saturated heterocycles. The van der Waals surface area contributed by atoms with Gasteiger partial charge < -0.3 is 25.0 Å². The minimum absolute atomic E-state index is 0.203. The van der Waals surface area contributed by atoms with Crippen LogP contribution in [-0.2, 0) is 16.0 Å². The normalized spacial score (nSPS) is 11.7. The summed E-state index contributed by atoms with van der Waals surface area (Å²) >= 11 is 0. The van der Waals surface area contributed by atoms with E-state index in [2.05, 4.69) is 54.0 Å². The molecule has 3 aromatic rings. The lowest BCUT2D eigenvalue weighted by Crippen LogP contribution is -2.28. The van der Waals surface area contributed by atoms with Crippen LogP contribution in [0.2, 0.25) is 0 Å². The molecule has 7 nitrogen and oxygen atoms in total. The minimum atomic E-state index is -0.224. The predicted octanol–water partition coefficient (Wildman–Crippen LogP) is 6.14. The van der Waals surface area contributed by atoms with Crippen molar-refractivity contribution in [3.05, 3.63) is 65.4 Å². The second kappa shape index (κ2) is 22.7. The molecule has 1 aromatic heterocycles. The number of aldehydes is 1. The fourth-order valence-electron chi connectivity index (χ4n) is 4.41. The molecule has 1 unspecified atom stereocenters. The van der Waals surface area contributed by atoms with Gasteiger partial charge in [-0.1, -0.05) is 38.0 Å². The van der Waals surface area contributed by atoms with E-state index >= 15 is 0 Å². The molecule has 0 radical (unpaired) electrons. The summed E-state index contributed by atoms with van der Waals surface area (Å²) in [6.45, 7) is 6.74. The first kappa shape index (κ1) is 36.9. The Morgan fingerprint density at radius 3 is 2.27 bits per heavy atom. The number of halogens is 1. The Bertz CT molecular complexity index is 1040. The molecule has 1 heterocycles. The number of unbranched alkanes of at least 4 members (excludes halogenated alkanes) is 2. The quantitative estimate of drug-likeness (QED) is 0.0948. The molecule has 0 saturated carbocycles. The molecular formula is C32H51FN4O3. The monoisotopic (exact) mass is 558 g/mol. The van der Waals surface area contributed by atoms with Gasteiger partial charge in [-0.25, -0.2) is 0 Å². The molecular weight excluding hydrogens is 507 g/mol. The molecule has 8 heteroatoms. The number of carbonyl (C=O) groups is 2. The number of fused-ring (bicyclic) bond motifs is 1. The molecule has 3 rings (SSSR count). The highest BCUT2D eigenvalue weighted by Gasteiger charge is 2.14. The van der Waals surface area contributed by atoms with Crippen molar-refractivity contribution in [2.75, 3.05) is 34.4 Å². The van der Waals surface area contributed by atoms with Crippen molar-refractivity contribution in [2.24, 2.45) is 17.5 Å². The molecule has 0 spiro atoms. The third-order valence-electron chi connectivity index (χ3n) is 6.64. The van der Waals surface area contributed by atoms with Crippen LogP contribution < -0.4 is 16.3 Å². The largest absolute Gasteiger partial charge is 0.497 e. The third-order valence-corrected chi connectivity index (χ3v) is 6.64. The molecule has 0 aliphatic carbocycles. The summed E-state index contributed by atoms with van der Waals surface area (Å²) in [5.74, 6) is 7.36. The number of carbonyl (C=O) groups excluding carboxylic acids is 2. The van der Waals surface area contributed by atoms with Crippen LogP contribution in [-0.4, -0.2) is 57.5 Å². The first-order chi connectivity index (χ1) is 19.4. The van der Waals surface area contributed by atoms with Crippen molar-refractivity contribution >= 4 is 24.0 Å². The van der Waals surface area contributed by atoms with Gasteiger partial charge in [0, 0.05) is 30.7 Å². The number of hydrazine groups is 1. The lowest BCUT2D eigenvalue weighted by Gasteiger charge is -2.20. The van der Waals surface area contributed by atoms with Crippen molar-refractivity contribution < 1.29 is 18.7 Å². The highest BCUT2D eigenvalue weighted by Crippen LogP contribution is 2.28. The van der Waals surface area contributed by atoms with E-state index in [4.69, 9.17) is 15.4 Å². The van der Waals surface area contributed by atoms with E-state index in [1.165, 1.54) is 34.8 Å². The highest BCUT2D eigenvalue weighted by molar-refractivity contribution is 5.81. The zero-order valence-electron chi connectivity index (χ0n) is 25.1. The zero-order chi connectivity index (χ0) is 30.3. The Morgan fingerprint density at radius 1 is 1.05 bits per heavy atom. The summed E-state index contributed by atoms with van der Waals surface area (Å²) in [6.07, 6.45) is 7.43. The fourth-order valence-corrected chi connectivity index (χ4v) is 4.41. The lowest BCUT2D eigenvalue weighted by atomic mass is 9.89. The van der Waals surface area contributed by atoms with Crippen LogP contribution in [0.3, 0.4) is 0 Å². The number of H-pyrrole nitrogens is 1. The smallest absolute Gasteiger partial charge is 0.123 e. The molecule has 0 bridgehead atoms. The number of methoxy groups -OCH3 is 1. The SMILES string of the molecule is C=O.CCC(C=O)CCCCCF.CN.COc1ccc([C@@H](CCN(C)N)Cc2ccc3[nH]c(C)cc3c2)cc1. The number of nitrogens with two attached hydrogens (primary N) is 2. The third kappa shape index (κ3) is 14.4. The van der Waals surface area contributed by atoms with Gasteiger partial charge in [-0.2, -0.15) is 0 Å². The van der Waals surface area contributed by atoms with Gasteiger partial charge in [-0.3, -0.25) is 15.2 Å². The molecule has 224 valence electrons. The van der Waals surface area contributed by atoms with Gasteiger partial charge in [0.15, 0.2) is 0 Å². The van der Waals surface area contributed by atoms with Crippen LogP contribution in [0.4, 0.5) is 4.39 Å². The van der Waals surface area contributed by atoms with E-state index in [0.717, 1.165) is 57.1 Å². The Kier molecular flexibility index (Phi) is 21.0. The Labute approximate surface area is 240 Å². The number of rotatable bonds is 14. The first-order valence-electron chi connectivity index (χ1n) is 14.0. The number of alkyl halides is 1. The predicted molar refractivity (Wildman–Crippen MR) is 165 cm³/mol. The van der Waals surface area contributed by atoms with E-state index < -0.39 is 0 Å². The molecule has 0 amide bonds. The number of hydrogen-bond donors (Lipinski definition) is 3. The number of nitrogens with zero attached hydrogens (tertiary/aromatic N) is 1. The van der Waals surface area contributed by atoms with Crippen molar-refractivity contribution in [2.45, 2.75) is 64.7 Å². The molecule has 0 fully saturated rings. The van der Waals surface area contributed by atoms with Gasteiger partial charge in [-0.05, 0) is 98.8 Å². The zero-order valence-corrected chi connectivity index (χ0v) is 25.1. The number of benzene rings is 2. The Hall–Kier alpha value is -3.07. The molecule has 2 atom stereocenters. The van der Waals surface area contributed by atoms with Crippen molar-refractivity contribution in [1.29, 1.82) is 0 Å². The number of aromatic nitrogens is 1. The second-order valence-corrected chi connectivity index (χ2v) is 9.66. The summed E-state index contributed by atoms with van der Waals surface area (Å²) in [4.78, 5) is 21.7. The Morgan fingerprint density at radius 2 is 1.73 bits per heavy atom. The van der Waals surface area contributed by atoms with Gasteiger partial charge >= 0.3 is 0 Å². The van der Waals surface area contributed by atoms with Crippen molar-refractivity contribution in [3.8, 4) is 5.75 Å². The summed E-state index contributed by atoms with van der Waals surface area (Å²) in [7, 11) is 5.11. The topological polar surface area (TPSA) is 114 Å². The van der Waals surface area contributed by atoms with Crippen LogP contribution >= 0.6 is 0 Å². The summed E-state index contributed by atoms with van der Waals surface area (Å²) in [6, 6.07) is 17.3. The molecule has 5 N–H and O–H groups in total. The van der Waals surface area contributed by atoms with E-state index in [0.29, 0.717) is 12.3 Å². The van der Waals surface area contributed by atoms with E-state index in [-0.39, 0.29) is 12.6 Å². The van der Waals surface area contributed by atoms with E-state index in [9.17, 15) is 9.18 Å². The minimum Gasteiger partial charge on any atom is -0.497 e. The second-order valence-electron chi connectivity index (χ2n) is 9.66. The molecule has 40 heavy (non-hydrogen) atoms. The van der Waals surface area contributed by atoms with E-state index in [1.54, 1.807) is 12.1 Å². The lowest BCUT2D eigenvalue weighted by molar-refractivity contribution is -0.111. The van der Waals surface area contributed by atoms with Gasteiger partial charge in [-0.15, -0.1) is 0 Å².